The molecule has 12 heteroatoms. The van der Waals surface area contributed by atoms with E-state index < -0.39 is 47.7 Å². The molecule has 1 saturated heterocycles. The molecule has 0 aromatic carbocycles. The fourth-order valence-corrected chi connectivity index (χ4v) is 4.67. The van der Waals surface area contributed by atoms with Gasteiger partial charge in [-0.05, 0) is 18.8 Å². The lowest BCUT2D eigenvalue weighted by molar-refractivity contribution is -0.153. The van der Waals surface area contributed by atoms with Gasteiger partial charge in [-0.3, -0.25) is 14.2 Å². The van der Waals surface area contributed by atoms with Crippen LogP contribution in [0.2, 0.25) is 0 Å². The number of anilines is 2. The molecule has 1 aliphatic rings. The van der Waals surface area contributed by atoms with Gasteiger partial charge >= 0.3 is 11.9 Å². The van der Waals surface area contributed by atoms with Crippen molar-refractivity contribution in [2.24, 2.45) is 23.7 Å². The van der Waals surface area contributed by atoms with Gasteiger partial charge in [0.25, 0.3) is 0 Å². The zero-order valence-corrected chi connectivity index (χ0v) is 20.3. The van der Waals surface area contributed by atoms with E-state index in [0.29, 0.717) is 11.3 Å². The highest BCUT2D eigenvalue weighted by Crippen LogP contribution is 2.51. The van der Waals surface area contributed by atoms with E-state index in [1.165, 1.54) is 17.8 Å². The van der Waals surface area contributed by atoms with E-state index in [1.54, 1.807) is 20.9 Å². The molecule has 2 aromatic heterocycles. The summed E-state index contributed by atoms with van der Waals surface area (Å²) in [4.78, 5) is 36.9. The van der Waals surface area contributed by atoms with Crippen molar-refractivity contribution in [3.8, 4) is 0 Å². The Morgan fingerprint density at radius 1 is 1.35 bits per heavy atom. The maximum Gasteiger partial charge on any atom is 0.307 e. The predicted octanol–water partition coefficient (Wildman–Crippen LogP) is 2.64. The van der Waals surface area contributed by atoms with Crippen molar-refractivity contribution >= 4 is 34.9 Å². The minimum absolute atomic E-state index is 0.0431. The lowest BCUT2D eigenvalue weighted by atomic mass is 9.73. The summed E-state index contributed by atoms with van der Waals surface area (Å²) in [6.07, 6.45) is -0.733. The first kappa shape index (κ1) is 25.6. The van der Waals surface area contributed by atoms with E-state index in [1.807, 2.05) is 13.8 Å². The number of nitrogens with zero attached hydrogens (tertiary/aromatic N) is 4. The van der Waals surface area contributed by atoms with E-state index in [4.69, 9.17) is 15.2 Å². The molecule has 34 heavy (non-hydrogen) atoms. The summed E-state index contributed by atoms with van der Waals surface area (Å²) in [5.41, 5.74) is 4.25. The second-order valence-corrected chi connectivity index (χ2v) is 9.60. The third kappa shape index (κ3) is 4.77. The maximum absolute atomic E-state index is 16.6. The van der Waals surface area contributed by atoms with Crippen molar-refractivity contribution in [2.45, 2.75) is 59.0 Å². The Bertz CT molecular complexity index is 1060. The summed E-state index contributed by atoms with van der Waals surface area (Å²) >= 11 is 0. The molecule has 2 unspecified atom stereocenters. The van der Waals surface area contributed by atoms with Crippen LogP contribution in [0.5, 0.6) is 0 Å². The SMILES string of the molecule is CNc1nc(N)nc2c1ncn2[C@@H]1OC(COC(=O)CC(C)C)[C@@H](C(C(=O)O)C(C)C)[C@@]1(C)F. The number of ether oxygens (including phenoxy) is 2. The molecule has 4 N–H and O–H groups in total. The number of nitrogens with one attached hydrogen (secondary N) is 1. The summed E-state index contributed by atoms with van der Waals surface area (Å²) in [6, 6.07) is 0. The van der Waals surface area contributed by atoms with Crippen LogP contribution in [0.4, 0.5) is 16.2 Å². The number of hydrogen-bond acceptors (Lipinski definition) is 9. The van der Waals surface area contributed by atoms with E-state index in [0.717, 1.165) is 0 Å². The third-order valence-corrected chi connectivity index (χ3v) is 6.14. The number of fused-ring (bicyclic) bond motifs is 1. The number of imidazole rings is 1. The van der Waals surface area contributed by atoms with Gasteiger partial charge in [0.1, 0.15) is 12.7 Å². The second kappa shape index (κ2) is 9.69. The van der Waals surface area contributed by atoms with Crippen LogP contribution in [-0.4, -0.2) is 62.0 Å². The van der Waals surface area contributed by atoms with Gasteiger partial charge < -0.3 is 25.6 Å². The number of carbonyl (C=O) groups is 2. The second-order valence-electron chi connectivity index (χ2n) is 9.60. The quantitative estimate of drug-likeness (QED) is 0.456. The number of rotatable bonds is 9. The minimum Gasteiger partial charge on any atom is -0.481 e. The highest BCUT2D eigenvalue weighted by Gasteiger charge is 2.60. The summed E-state index contributed by atoms with van der Waals surface area (Å²) in [5.74, 6) is -3.80. The van der Waals surface area contributed by atoms with Crippen molar-refractivity contribution in [1.82, 2.24) is 19.5 Å². The average Bonchev–Trinajstić information content (AvgIpc) is 3.23. The van der Waals surface area contributed by atoms with Crippen LogP contribution in [0.25, 0.3) is 11.2 Å². The number of halogens is 1. The van der Waals surface area contributed by atoms with E-state index in [2.05, 4.69) is 20.3 Å². The Morgan fingerprint density at radius 3 is 2.59 bits per heavy atom. The summed E-state index contributed by atoms with van der Waals surface area (Å²) in [5, 5.41) is 12.8. The minimum atomic E-state index is -2.17. The topological polar surface area (TPSA) is 154 Å². The molecule has 5 atom stereocenters. The molecule has 0 spiro atoms. The number of carboxylic acids is 1. The molecule has 1 fully saturated rings. The lowest BCUT2D eigenvalue weighted by Gasteiger charge is -2.33. The monoisotopic (exact) mass is 480 g/mol. The molecule has 11 nitrogen and oxygen atoms in total. The summed E-state index contributed by atoms with van der Waals surface area (Å²) < 4.78 is 29.4. The Balaban J connectivity index is 2.04. The number of carboxylic acid groups (broad SMARTS) is 1. The van der Waals surface area contributed by atoms with Crippen molar-refractivity contribution in [3.63, 3.8) is 0 Å². The number of aromatic nitrogens is 4. The maximum atomic E-state index is 16.6. The first-order valence-electron chi connectivity index (χ1n) is 11.3. The van der Waals surface area contributed by atoms with Gasteiger partial charge in [0.15, 0.2) is 28.9 Å². The molecule has 3 heterocycles. The molecule has 3 rings (SSSR count). The smallest absolute Gasteiger partial charge is 0.307 e. The number of carbonyl (C=O) groups excluding carboxylic acids is 1. The van der Waals surface area contributed by atoms with Gasteiger partial charge in [-0.1, -0.05) is 27.7 Å². The van der Waals surface area contributed by atoms with Crippen LogP contribution < -0.4 is 11.1 Å². The third-order valence-electron chi connectivity index (χ3n) is 6.14. The molecule has 0 radical (unpaired) electrons. The molecule has 1 aliphatic heterocycles. The zero-order valence-electron chi connectivity index (χ0n) is 20.3. The molecule has 0 amide bonds. The van der Waals surface area contributed by atoms with E-state index >= 15 is 4.39 Å². The Hall–Kier alpha value is -3.02. The number of alkyl halides is 1. The zero-order chi connectivity index (χ0) is 25.4. The fraction of sp³-hybridized carbons (Fsp3) is 0.682. The first-order valence-corrected chi connectivity index (χ1v) is 11.3. The van der Waals surface area contributed by atoms with Crippen LogP contribution in [-0.2, 0) is 19.1 Å². The summed E-state index contributed by atoms with van der Waals surface area (Å²) in [6.45, 7) is 8.20. The number of hydrogen-bond donors (Lipinski definition) is 3. The number of esters is 1. The molecule has 0 saturated carbocycles. The van der Waals surface area contributed by atoms with Crippen molar-refractivity contribution in [1.29, 1.82) is 0 Å². The largest absolute Gasteiger partial charge is 0.481 e. The first-order chi connectivity index (χ1) is 15.9. The molecular weight excluding hydrogens is 447 g/mol. The highest BCUT2D eigenvalue weighted by molar-refractivity contribution is 5.84. The van der Waals surface area contributed by atoms with Crippen LogP contribution in [0.15, 0.2) is 6.33 Å². The van der Waals surface area contributed by atoms with E-state index in [-0.39, 0.29) is 30.5 Å². The normalized spacial score (nSPS) is 25.7. The van der Waals surface area contributed by atoms with E-state index in [9.17, 15) is 14.7 Å². The van der Waals surface area contributed by atoms with Gasteiger partial charge in [0.2, 0.25) is 5.95 Å². The fourth-order valence-electron chi connectivity index (χ4n) is 4.67. The number of nitrogens with two attached hydrogens (primary N) is 1. The van der Waals surface area contributed by atoms with Crippen molar-refractivity contribution in [3.05, 3.63) is 6.33 Å². The van der Waals surface area contributed by atoms with Gasteiger partial charge in [-0.2, -0.15) is 9.97 Å². The average molecular weight is 481 g/mol. The van der Waals surface area contributed by atoms with Crippen LogP contribution in [0.1, 0.15) is 47.3 Å². The predicted molar refractivity (Wildman–Crippen MR) is 123 cm³/mol. The standard InChI is InChI=1S/C22H33FN6O5/c1-10(2)7-13(30)33-8-12-15(14(11(3)4)19(31)32)22(5,23)20(34-12)29-9-26-16-17(25-6)27-21(24)28-18(16)29/h9-12,14-15,20H,7-8H2,1-6H3,(H,31,32)(H3,24,25,27,28)/t12?,14?,15-,20+,22+/m0/s1. The molecule has 0 bridgehead atoms. The van der Waals surface area contributed by atoms with Gasteiger partial charge in [0.05, 0.1) is 12.2 Å². The molecule has 0 aliphatic carbocycles. The van der Waals surface area contributed by atoms with Gasteiger partial charge in [-0.25, -0.2) is 9.37 Å². The van der Waals surface area contributed by atoms with Crippen LogP contribution in [0.3, 0.4) is 0 Å². The van der Waals surface area contributed by atoms with Crippen LogP contribution >= 0.6 is 0 Å². The Morgan fingerprint density at radius 2 is 2.03 bits per heavy atom. The number of nitrogen functional groups attached to an aromatic ring is 1. The number of aliphatic carboxylic acids is 1. The highest BCUT2D eigenvalue weighted by atomic mass is 19.1. The Kier molecular flexibility index (Phi) is 7.29. The Labute approximate surface area is 197 Å². The molecule has 188 valence electrons. The van der Waals surface area contributed by atoms with Gasteiger partial charge in [-0.15, -0.1) is 0 Å². The van der Waals surface area contributed by atoms with Crippen molar-refractivity contribution in [2.75, 3.05) is 24.7 Å². The lowest BCUT2D eigenvalue weighted by Crippen LogP contribution is -2.45. The van der Waals surface area contributed by atoms with Crippen LogP contribution in [0, 0.1) is 23.7 Å². The summed E-state index contributed by atoms with van der Waals surface area (Å²) in [7, 11) is 1.64. The molecule has 2 aromatic rings. The van der Waals surface area contributed by atoms with Crippen molar-refractivity contribution < 1.29 is 28.6 Å². The van der Waals surface area contributed by atoms with Gasteiger partial charge in [0, 0.05) is 19.4 Å². The molecular formula is C22H33FN6O5.